The van der Waals surface area contributed by atoms with Crippen LogP contribution in [0.5, 0.6) is 0 Å². The zero-order valence-electron chi connectivity index (χ0n) is 7.72. The molecule has 1 rings (SSSR count). The molecule has 0 saturated carbocycles. The van der Waals surface area contributed by atoms with Crippen molar-refractivity contribution >= 4 is 21.7 Å². The molecule has 0 amide bonds. The third kappa shape index (κ3) is 3.31. The van der Waals surface area contributed by atoms with Crippen LogP contribution in [0.3, 0.4) is 0 Å². The monoisotopic (exact) mass is 240 g/mol. The Hall–Kier alpha value is -0.630. The van der Waals surface area contributed by atoms with Gasteiger partial charge in [-0.25, -0.2) is 0 Å². The molecule has 0 fully saturated rings. The molecular formula is C11H13BrO. The highest BCUT2D eigenvalue weighted by atomic mass is 79.9. The minimum atomic E-state index is 0.236. The molecule has 0 heterocycles. The van der Waals surface area contributed by atoms with Gasteiger partial charge in [0.25, 0.3) is 0 Å². The largest absolute Gasteiger partial charge is 0.294 e. The number of rotatable bonds is 4. The van der Waals surface area contributed by atoms with Gasteiger partial charge in [-0.2, -0.15) is 0 Å². The number of ketones is 1. The maximum absolute atomic E-state index is 11.5. The van der Waals surface area contributed by atoms with Crippen molar-refractivity contribution < 1.29 is 4.79 Å². The summed E-state index contributed by atoms with van der Waals surface area (Å²) in [6.07, 6.45) is 1.54. The van der Waals surface area contributed by atoms with Crippen LogP contribution in [0.15, 0.2) is 24.3 Å². The van der Waals surface area contributed by atoms with Gasteiger partial charge in [-0.05, 0) is 13.3 Å². The van der Waals surface area contributed by atoms with Gasteiger partial charge in [-0.15, -0.1) is 0 Å². The molecule has 1 aromatic carbocycles. The van der Waals surface area contributed by atoms with Crippen molar-refractivity contribution in [2.24, 2.45) is 0 Å². The van der Waals surface area contributed by atoms with Crippen molar-refractivity contribution in [3.8, 4) is 0 Å². The maximum atomic E-state index is 11.5. The molecule has 0 aliphatic heterocycles. The fraction of sp³-hybridized carbons (Fsp3) is 0.364. The Morgan fingerprint density at radius 3 is 2.46 bits per heavy atom. The van der Waals surface area contributed by atoms with Crippen LogP contribution in [-0.2, 0) is 0 Å². The van der Waals surface area contributed by atoms with Crippen molar-refractivity contribution in [3.63, 3.8) is 0 Å². The first-order chi connectivity index (χ1) is 6.24. The van der Waals surface area contributed by atoms with E-state index < -0.39 is 0 Å². The first kappa shape index (κ1) is 10.5. The Bertz CT molecular complexity index is 277. The maximum Gasteiger partial charge on any atom is 0.162 e. The molecule has 13 heavy (non-hydrogen) atoms. The lowest BCUT2D eigenvalue weighted by atomic mass is 10.1. The van der Waals surface area contributed by atoms with Crippen molar-refractivity contribution in [1.82, 2.24) is 0 Å². The molecule has 0 spiro atoms. The van der Waals surface area contributed by atoms with E-state index >= 15 is 0 Å². The predicted molar refractivity (Wildman–Crippen MR) is 58.5 cm³/mol. The second-order valence-electron chi connectivity index (χ2n) is 3.08. The molecule has 1 nitrogen and oxygen atoms in total. The van der Waals surface area contributed by atoms with Gasteiger partial charge < -0.3 is 0 Å². The average molecular weight is 241 g/mol. The van der Waals surface area contributed by atoms with E-state index in [-0.39, 0.29) is 5.78 Å². The summed E-state index contributed by atoms with van der Waals surface area (Å²) in [6, 6.07) is 7.74. The van der Waals surface area contributed by atoms with Crippen LogP contribution in [0.4, 0.5) is 0 Å². The van der Waals surface area contributed by atoms with Gasteiger partial charge in [0.2, 0.25) is 0 Å². The summed E-state index contributed by atoms with van der Waals surface area (Å²) < 4.78 is 0. The topological polar surface area (TPSA) is 17.1 Å². The molecule has 0 aliphatic carbocycles. The summed E-state index contributed by atoms with van der Waals surface area (Å²) in [5.74, 6) is 0.236. The summed E-state index contributed by atoms with van der Waals surface area (Å²) in [4.78, 5) is 11.5. The molecule has 0 unspecified atom stereocenters. The lowest BCUT2D eigenvalue weighted by Gasteiger charge is -1.99. The number of hydrogen-bond donors (Lipinski definition) is 0. The highest BCUT2D eigenvalue weighted by Gasteiger charge is 2.03. The van der Waals surface area contributed by atoms with Crippen LogP contribution in [0, 0.1) is 6.92 Å². The molecule has 70 valence electrons. The van der Waals surface area contributed by atoms with Gasteiger partial charge in [0.05, 0.1) is 0 Å². The lowest BCUT2D eigenvalue weighted by Crippen LogP contribution is -1.98. The summed E-state index contributed by atoms with van der Waals surface area (Å²) >= 11 is 3.31. The van der Waals surface area contributed by atoms with Gasteiger partial charge in [0.15, 0.2) is 5.78 Å². The standard InChI is InChI=1S/C11H13BrO/c1-9-4-6-10(7-5-9)11(13)3-2-8-12/h4-7H,2-3,8H2,1H3. The Balaban J connectivity index is 2.61. The zero-order chi connectivity index (χ0) is 9.68. The van der Waals surface area contributed by atoms with E-state index in [1.807, 2.05) is 31.2 Å². The van der Waals surface area contributed by atoms with E-state index in [1.165, 1.54) is 5.56 Å². The van der Waals surface area contributed by atoms with Crippen molar-refractivity contribution in [1.29, 1.82) is 0 Å². The van der Waals surface area contributed by atoms with Gasteiger partial charge in [-0.3, -0.25) is 4.79 Å². The average Bonchev–Trinajstić information content (AvgIpc) is 2.15. The fourth-order valence-corrected chi connectivity index (χ4v) is 1.39. The summed E-state index contributed by atoms with van der Waals surface area (Å²) in [5.41, 5.74) is 2.02. The van der Waals surface area contributed by atoms with E-state index in [1.54, 1.807) is 0 Å². The number of carbonyl (C=O) groups excluding carboxylic acids is 1. The molecule has 0 aromatic heterocycles. The number of aryl methyl sites for hydroxylation is 1. The molecular weight excluding hydrogens is 228 g/mol. The van der Waals surface area contributed by atoms with Gasteiger partial charge in [0.1, 0.15) is 0 Å². The summed E-state index contributed by atoms with van der Waals surface area (Å²) in [6.45, 7) is 2.02. The number of alkyl halides is 1. The van der Waals surface area contributed by atoms with E-state index in [2.05, 4.69) is 15.9 Å². The molecule has 0 radical (unpaired) electrons. The molecule has 0 bridgehead atoms. The third-order valence-corrected chi connectivity index (χ3v) is 2.47. The Morgan fingerprint density at radius 2 is 1.92 bits per heavy atom. The molecule has 0 N–H and O–H groups in total. The van der Waals surface area contributed by atoms with Crippen molar-refractivity contribution in [2.75, 3.05) is 5.33 Å². The third-order valence-electron chi connectivity index (χ3n) is 1.91. The van der Waals surface area contributed by atoms with Crippen LogP contribution in [-0.4, -0.2) is 11.1 Å². The first-order valence-corrected chi connectivity index (χ1v) is 5.52. The fourth-order valence-electron chi connectivity index (χ4n) is 1.11. The highest BCUT2D eigenvalue weighted by molar-refractivity contribution is 9.09. The number of Topliss-reactive ketones (excluding diaryl/α,β-unsaturated/α-hetero) is 1. The molecule has 0 saturated heterocycles. The van der Waals surface area contributed by atoms with Crippen LogP contribution >= 0.6 is 15.9 Å². The predicted octanol–water partition coefficient (Wildman–Crippen LogP) is 3.35. The van der Waals surface area contributed by atoms with Crippen LogP contribution in [0.1, 0.15) is 28.8 Å². The second kappa shape index (κ2) is 5.18. The van der Waals surface area contributed by atoms with E-state index in [0.717, 1.165) is 17.3 Å². The zero-order valence-corrected chi connectivity index (χ0v) is 9.30. The number of carbonyl (C=O) groups is 1. The minimum absolute atomic E-state index is 0.236. The van der Waals surface area contributed by atoms with E-state index in [0.29, 0.717) is 6.42 Å². The number of benzene rings is 1. The first-order valence-electron chi connectivity index (χ1n) is 4.40. The van der Waals surface area contributed by atoms with Crippen LogP contribution in [0.25, 0.3) is 0 Å². The minimum Gasteiger partial charge on any atom is -0.294 e. The quantitative estimate of drug-likeness (QED) is 0.583. The van der Waals surface area contributed by atoms with E-state index in [9.17, 15) is 4.79 Å². The Kier molecular flexibility index (Phi) is 4.16. The molecule has 2 heteroatoms. The molecule has 0 aliphatic rings. The summed E-state index contributed by atoms with van der Waals surface area (Å²) in [5, 5.41) is 0.893. The normalized spacial score (nSPS) is 10.0. The molecule has 1 aromatic rings. The van der Waals surface area contributed by atoms with Crippen molar-refractivity contribution in [3.05, 3.63) is 35.4 Å². The van der Waals surface area contributed by atoms with Crippen molar-refractivity contribution in [2.45, 2.75) is 19.8 Å². The Labute approximate surface area is 87.3 Å². The number of hydrogen-bond acceptors (Lipinski definition) is 1. The number of halogens is 1. The highest BCUT2D eigenvalue weighted by Crippen LogP contribution is 2.08. The van der Waals surface area contributed by atoms with E-state index in [4.69, 9.17) is 0 Å². The van der Waals surface area contributed by atoms with Gasteiger partial charge >= 0.3 is 0 Å². The van der Waals surface area contributed by atoms with Crippen LogP contribution < -0.4 is 0 Å². The van der Waals surface area contributed by atoms with Gasteiger partial charge in [0, 0.05) is 17.3 Å². The Morgan fingerprint density at radius 1 is 1.31 bits per heavy atom. The lowest BCUT2D eigenvalue weighted by molar-refractivity contribution is 0.0982. The second-order valence-corrected chi connectivity index (χ2v) is 3.87. The van der Waals surface area contributed by atoms with Crippen LogP contribution in [0.2, 0.25) is 0 Å². The smallest absolute Gasteiger partial charge is 0.162 e. The summed E-state index contributed by atoms with van der Waals surface area (Å²) in [7, 11) is 0. The molecule has 0 atom stereocenters. The SMILES string of the molecule is Cc1ccc(C(=O)CCCBr)cc1. The van der Waals surface area contributed by atoms with Gasteiger partial charge in [-0.1, -0.05) is 45.8 Å².